The van der Waals surface area contributed by atoms with Crippen LogP contribution in [0.2, 0.25) is 0 Å². The van der Waals surface area contributed by atoms with Crippen LogP contribution >= 0.6 is 0 Å². The third-order valence-corrected chi connectivity index (χ3v) is 0.916. The van der Waals surface area contributed by atoms with Crippen molar-refractivity contribution in [2.75, 3.05) is 0 Å². The van der Waals surface area contributed by atoms with Crippen molar-refractivity contribution in [3.05, 3.63) is 12.2 Å². The zero-order valence-corrected chi connectivity index (χ0v) is 6.57. The Bertz CT molecular complexity index is 200. The molecule has 52 valence electrons. The van der Waals surface area contributed by atoms with Gasteiger partial charge in [0, 0.05) is 0 Å². The number of unbranched alkanes of at least 4 members (excludes halogenated alkanes) is 1. The van der Waals surface area contributed by atoms with Crippen molar-refractivity contribution >= 4 is 0 Å². The fourth-order valence-electron chi connectivity index (χ4n) is 0.449. The van der Waals surface area contributed by atoms with Gasteiger partial charge in [-0.15, -0.1) is 0 Å². The van der Waals surface area contributed by atoms with E-state index in [1.165, 1.54) is 6.42 Å². The standard InChI is InChI=1S/C10H12/c1-3-5-7-9-10-8-6-4-2/h7,9H,3,5H2,1-2H3/b9-7+. The van der Waals surface area contributed by atoms with Gasteiger partial charge >= 0.3 is 0 Å². The highest BCUT2D eigenvalue weighted by Crippen LogP contribution is 1.85. The Kier molecular flexibility index (Phi) is 6.96. The normalized spacial score (nSPS) is 7.80. The van der Waals surface area contributed by atoms with Crippen LogP contribution in [-0.4, -0.2) is 0 Å². The van der Waals surface area contributed by atoms with Gasteiger partial charge in [-0.05, 0) is 31.3 Å². The summed E-state index contributed by atoms with van der Waals surface area (Å²) in [5.74, 6) is 10.9. The van der Waals surface area contributed by atoms with Gasteiger partial charge < -0.3 is 0 Å². The Balaban J connectivity index is 3.50. The smallest absolute Gasteiger partial charge is 0.00168 e. The summed E-state index contributed by atoms with van der Waals surface area (Å²) < 4.78 is 0. The lowest BCUT2D eigenvalue weighted by molar-refractivity contribution is 0.959. The summed E-state index contributed by atoms with van der Waals surface area (Å²) >= 11 is 0. The van der Waals surface area contributed by atoms with Crippen LogP contribution in [0.4, 0.5) is 0 Å². The molecule has 0 heteroatoms. The second-order valence-corrected chi connectivity index (χ2v) is 1.84. The van der Waals surface area contributed by atoms with Crippen LogP contribution in [0.1, 0.15) is 26.7 Å². The Morgan fingerprint density at radius 3 is 2.70 bits per heavy atom. The Morgan fingerprint density at radius 1 is 1.30 bits per heavy atom. The zero-order chi connectivity index (χ0) is 7.66. The molecule has 0 aliphatic carbocycles. The third kappa shape index (κ3) is 6.86. The number of rotatable bonds is 2. The molecule has 0 fully saturated rings. The van der Waals surface area contributed by atoms with Gasteiger partial charge in [-0.25, -0.2) is 0 Å². The molecule has 0 saturated heterocycles. The minimum Gasteiger partial charge on any atom is -0.0925 e. The molecule has 0 radical (unpaired) electrons. The van der Waals surface area contributed by atoms with E-state index in [9.17, 15) is 0 Å². The molecule has 0 amide bonds. The largest absolute Gasteiger partial charge is 0.0925 e. The zero-order valence-electron chi connectivity index (χ0n) is 6.57. The van der Waals surface area contributed by atoms with E-state index >= 15 is 0 Å². The predicted octanol–water partition coefficient (Wildman–Crippen LogP) is 2.37. The van der Waals surface area contributed by atoms with Gasteiger partial charge in [0.25, 0.3) is 0 Å². The molecule has 0 aliphatic rings. The van der Waals surface area contributed by atoms with Crippen molar-refractivity contribution in [2.24, 2.45) is 0 Å². The van der Waals surface area contributed by atoms with Gasteiger partial charge in [0.1, 0.15) is 0 Å². The highest BCUT2D eigenvalue weighted by Gasteiger charge is 1.67. The van der Waals surface area contributed by atoms with Gasteiger partial charge in [-0.2, -0.15) is 0 Å². The van der Waals surface area contributed by atoms with E-state index in [0.717, 1.165) is 6.42 Å². The summed E-state index contributed by atoms with van der Waals surface area (Å²) in [7, 11) is 0. The molecule has 0 aliphatic heterocycles. The van der Waals surface area contributed by atoms with Crippen LogP contribution in [0.3, 0.4) is 0 Å². The first kappa shape index (κ1) is 8.86. The first-order valence-corrected chi connectivity index (χ1v) is 3.49. The second kappa shape index (κ2) is 7.86. The number of allylic oxidation sites excluding steroid dienone is 2. The molecule has 0 aromatic carbocycles. The number of hydrogen-bond acceptors (Lipinski definition) is 0. The van der Waals surface area contributed by atoms with Gasteiger partial charge in [0.05, 0.1) is 0 Å². The Hall–Kier alpha value is -1.14. The monoisotopic (exact) mass is 132 g/mol. The van der Waals surface area contributed by atoms with E-state index in [1.807, 2.05) is 6.08 Å². The van der Waals surface area contributed by atoms with E-state index in [1.54, 1.807) is 6.92 Å². The van der Waals surface area contributed by atoms with Crippen molar-refractivity contribution in [1.29, 1.82) is 0 Å². The summed E-state index contributed by atoms with van der Waals surface area (Å²) in [6, 6.07) is 0. The first-order valence-electron chi connectivity index (χ1n) is 3.49. The van der Waals surface area contributed by atoms with E-state index < -0.39 is 0 Å². The minimum atomic E-state index is 1.11. The van der Waals surface area contributed by atoms with Crippen LogP contribution in [0.5, 0.6) is 0 Å². The van der Waals surface area contributed by atoms with E-state index in [0.29, 0.717) is 0 Å². The van der Waals surface area contributed by atoms with Crippen molar-refractivity contribution in [1.82, 2.24) is 0 Å². The molecule has 0 atom stereocenters. The molecule has 0 aromatic heterocycles. The first-order chi connectivity index (χ1) is 4.91. The van der Waals surface area contributed by atoms with Crippen LogP contribution < -0.4 is 0 Å². The second-order valence-electron chi connectivity index (χ2n) is 1.84. The fraction of sp³-hybridized carbons (Fsp3) is 0.400. The summed E-state index contributed by atoms with van der Waals surface area (Å²) in [6.45, 7) is 3.92. The quantitative estimate of drug-likeness (QED) is 0.506. The molecule has 10 heavy (non-hydrogen) atoms. The number of hydrogen-bond donors (Lipinski definition) is 0. The molecular weight excluding hydrogens is 120 g/mol. The van der Waals surface area contributed by atoms with Crippen LogP contribution in [0, 0.1) is 23.7 Å². The SMILES string of the molecule is CC#CC#C/C=C/CCC. The maximum absolute atomic E-state index is 2.82. The molecule has 0 unspecified atom stereocenters. The summed E-state index contributed by atoms with van der Waals surface area (Å²) in [5.41, 5.74) is 0. The van der Waals surface area contributed by atoms with E-state index in [-0.39, 0.29) is 0 Å². The third-order valence-electron chi connectivity index (χ3n) is 0.916. The molecule has 0 nitrogen and oxygen atoms in total. The molecule has 0 N–H and O–H groups in total. The molecule has 0 bridgehead atoms. The fourth-order valence-corrected chi connectivity index (χ4v) is 0.449. The summed E-state index contributed by atoms with van der Waals surface area (Å²) in [4.78, 5) is 0. The predicted molar refractivity (Wildman–Crippen MR) is 45.3 cm³/mol. The maximum Gasteiger partial charge on any atom is -0.00168 e. The highest BCUT2D eigenvalue weighted by molar-refractivity contribution is 5.29. The summed E-state index contributed by atoms with van der Waals surface area (Å²) in [6.07, 6.45) is 6.20. The van der Waals surface area contributed by atoms with E-state index in [2.05, 4.69) is 36.7 Å². The lowest BCUT2D eigenvalue weighted by Crippen LogP contribution is -1.58. The van der Waals surface area contributed by atoms with Crippen molar-refractivity contribution < 1.29 is 0 Å². The molecule has 0 rings (SSSR count). The Morgan fingerprint density at radius 2 is 2.10 bits per heavy atom. The van der Waals surface area contributed by atoms with Gasteiger partial charge in [-0.1, -0.05) is 31.3 Å². The van der Waals surface area contributed by atoms with Crippen molar-refractivity contribution in [2.45, 2.75) is 26.7 Å². The lowest BCUT2D eigenvalue weighted by atomic mass is 10.3. The van der Waals surface area contributed by atoms with E-state index in [4.69, 9.17) is 0 Å². The Labute approximate surface area is 63.3 Å². The van der Waals surface area contributed by atoms with Gasteiger partial charge in [-0.3, -0.25) is 0 Å². The van der Waals surface area contributed by atoms with Crippen LogP contribution in [0.25, 0.3) is 0 Å². The minimum absolute atomic E-state index is 1.11. The van der Waals surface area contributed by atoms with Crippen molar-refractivity contribution in [3.63, 3.8) is 0 Å². The van der Waals surface area contributed by atoms with Gasteiger partial charge in [0.2, 0.25) is 0 Å². The van der Waals surface area contributed by atoms with Crippen LogP contribution in [0.15, 0.2) is 12.2 Å². The summed E-state index contributed by atoms with van der Waals surface area (Å²) in [5, 5.41) is 0. The molecule has 0 heterocycles. The maximum atomic E-state index is 2.82. The molecule has 0 saturated carbocycles. The van der Waals surface area contributed by atoms with Gasteiger partial charge in [0.15, 0.2) is 0 Å². The highest BCUT2D eigenvalue weighted by atomic mass is 13.7. The molecular formula is C10H12. The topological polar surface area (TPSA) is 0 Å². The van der Waals surface area contributed by atoms with Crippen LogP contribution in [-0.2, 0) is 0 Å². The van der Waals surface area contributed by atoms with Crippen molar-refractivity contribution in [3.8, 4) is 23.7 Å². The molecule has 0 spiro atoms. The average Bonchev–Trinajstić information content (AvgIpc) is 1.97. The average molecular weight is 132 g/mol. The molecule has 0 aromatic rings. The lowest BCUT2D eigenvalue weighted by Gasteiger charge is -1.76.